The number of nitrogens with zero attached hydrogens (tertiary/aromatic N) is 2. The van der Waals surface area contributed by atoms with Crippen LogP contribution >= 0.6 is 11.3 Å². The summed E-state index contributed by atoms with van der Waals surface area (Å²) in [6.45, 7) is 3.05. The number of fused-ring (bicyclic) bond motifs is 1. The zero-order chi connectivity index (χ0) is 21.9. The summed E-state index contributed by atoms with van der Waals surface area (Å²) in [5.74, 6) is -0.102. The van der Waals surface area contributed by atoms with E-state index in [0.717, 1.165) is 24.2 Å². The summed E-state index contributed by atoms with van der Waals surface area (Å²) in [4.78, 5) is 32.0. The smallest absolute Gasteiger partial charge is 0.290 e. The Bertz CT molecular complexity index is 1060. The van der Waals surface area contributed by atoms with Gasteiger partial charge in [0, 0.05) is 24.4 Å². The monoisotopic (exact) mass is 449 g/mol. The highest BCUT2D eigenvalue weighted by Crippen LogP contribution is 2.29. The standard InChI is InChI=1S/C25H27N3O3S/c29-24(26-16-21(23-10-6-14-32-23)27-11-3-4-12-27)20-15-18-7-1-2-8-19(18)17-28(20)25(30)22-9-5-13-31-22/h1-2,5-10,13-14,20-21H,3-4,11-12,15-17H2,(H,26,29). The molecule has 0 aliphatic carbocycles. The van der Waals surface area contributed by atoms with Crippen LogP contribution in [0.3, 0.4) is 0 Å². The first-order valence-corrected chi connectivity index (χ1v) is 12.0. The number of amides is 2. The van der Waals surface area contributed by atoms with Crippen molar-refractivity contribution < 1.29 is 14.0 Å². The van der Waals surface area contributed by atoms with Crippen molar-refractivity contribution in [2.24, 2.45) is 0 Å². The summed E-state index contributed by atoms with van der Waals surface area (Å²) in [6.07, 6.45) is 4.38. The van der Waals surface area contributed by atoms with Crippen molar-refractivity contribution in [3.63, 3.8) is 0 Å². The quantitative estimate of drug-likeness (QED) is 0.621. The number of furan rings is 1. The maximum Gasteiger partial charge on any atom is 0.290 e. The Morgan fingerprint density at radius 3 is 2.59 bits per heavy atom. The molecule has 1 saturated heterocycles. The van der Waals surface area contributed by atoms with Gasteiger partial charge in [0.05, 0.1) is 12.3 Å². The van der Waals surface area contributed by atoms with Crippen molar-refractivity contribution >= 4 is 23.2 Å². The van der Waals surface area contributed by atoms with Crippen molar-refractivity contribution in [3.05, 3.63) is 81.9 Å². The highest BCUT2D eigenvalue weighted by molar-refractivity contribution is 7.10. The van der Waals surface area contributed by atoms with Gasteiger partial charge in [0.1, 0.15) is 6.04 Å². The molecule has 6 nitrogen and oxygen atoms in total. The van der Waals surface area contributed by atoms with Gasteiger partial charge >= 0.3 is 0 Å². The third-order valence-electron chi connectivity index (χ3n) is 6.47. The Labute approximate surface area is 191 Å². The predicted octanol–water partition coefficient (Wildman–Crippen LogP) is 3.86. The maximum absolute atomic E-state index is 13.4. The molecule has 3 aromatic rings. The maximum atomic E-state index is 13.4. The van der Waals surface area contributed by atoms with Gasteiger partial charge in [0.15, 0.2) is 5.76 Å². The first kappa shape index (κ1) is 21.0. The predicted molar refractivity (Wildman–Crippen MR) is 123 cm³/mol. The number of hydrogen-bond acceptors (Lipinski definition) is 5. The molecule has 1 fully saturated rings. The summed E-state index contributed by atoms with van der Waals surface area (Å²) in [6, 6.07) is 15.2. The number of carbonyl (C=O) groups excluding carboxylic acids is 2. The molecular weight excluding hydrogens is 422 g/mol. The lowest BCUT2D eigenvalue weighted by atomic mass is 9.93. The molecule has 2 amide bonds. The van der Waals surface area contributed by atoms with Crippen molar-refractivity contribution in [1.82, 2.24) is 15.1 Å². The number of carbonyl (C=O) groups is 2. The first-order chi connectivity index (χ1) is 15.7. The number of benzene rings is 1. The van der Waals surface area contributed by atoms with Crippen LogP contribution in [-0.2, 0) is 17.8 Å². The van der Waals surface area contributed by atoms with Gasteiger partial charge in [-0.05, 0) is 60.6 Å². The summed E-state index contributed by atoms with van der Waals surface area (Å²) in [7, 11) is 0. The molecule has 4 heterocycles. The van der Waals surface area contributed by atoms with Crippen LogP contribution < -0.4 is 5.32 Å². The van der Waals surface area contributed by atoms with E-state index in [1.807, 2.05) is 24.3 Å². The van der Waals surface area contributed by atoms with Crippen LogP contribution in [-0.4, -0.2) is 47.3 Å². The van der Waals surface area contributed by atoms with Crippen molar-refractivity contribution in [3.8, 4) is 0 Å². The van der Waals surface area contributed by atoms with E-state index in [1.165, 1.54) is 24.0 Å². The van der Waals surface area contributed by atoms with Gasteiger partial charge in [-0.15, -0.1) is 11.3 Å². The third kappa shape index (κ3) is 4.23. The van der Waals surface area contributed by atoms with Gasteiger partial charge in [0.25, 0.3) is 5.91 Å². The second kappa shape index (κ2) is 9.30. The molecule has 2 unspecified atom stereocenters. The van der Waals surface area contributed by atoms with Gasteiger partial charge in [-0.25, -0.2) is 0 Å². The van der Waals surface area contributed by atoms with E-state index in [4.69, 9.17) is 4.42 Å². The Balaban J connectivity index is 1.35. The topological polar surface area (TPSA) is 65.8 Å². The fourth-order valence-electron chi connectivity index (χ4n) is 4.77. The molecule has 2 aromatic heterocycles. The van der Waals surface area contributed by atoms with Gasteiger partial charge in [-0.3, -0.25) is 14.5 Å². The molecule has 1 aromatic carbocycles. The van der Waals surface area contributed by atoms with E-state index in [2.05, 4.69) is 27.7 Å². The van der Waals surface area contributed by atoms with Gasteiger partial charge in [-0.2, -0.15) is 0 Å². The molecule has 0 radical (unpaired) electrons. The molecule has 1 N–H and O–H groups in total. The average molecular weight is 450 g/mol. The molecule has 0 saturated carbocycles. The van der Waals surface area contributed by atoms with Crippen LogP contribution in [0.15, 0.2) is 64.6 Å². The van der Waals surface area contributed by atoms with Crippen molar-refractivity contribution in [2.75, 3.05) is 19.6 Å². The Morgan fingerprint density at radius 1 is 1.06 bits per heavy atom. The van der Waals surface area contributed by atoms with Crippen LogP contribution in [0.25, 0.3) is 0 Å². The molecule has 32 heavy (non-hydrogen) atoms. The minimum Gasteiger partial charge on any atom is -0.459 e. The zero-order valence-corrected chi connectivity index (χ0v) is 18.7. The zero-order valence-electron chi connectivity index (χ0n) is 17.9. The highest BCUT2D eigenvalue weighted by atomic mass is 32.1. The van der Waals surface area contributed by atoms with E-state index in [9.17, 15) is 9.59 Å². The first-order valence-electron chi connectivity index (χ1n) is 11.2. The van der Waals surface area contributed by atoms with Crippen molar-refractivity contribution in [1.29, 1.82) is 0 Å². The molecule has 0 bridgehead atoms. The van der Waals surface area contributed by atoms with Crippen molar-refractivity contribution in [2.45, 2.75) is 37.9 Å². The fraction of sp³-hybridized carbons (Fsp3) is 0.360. The van der Waals surface area contributed by atoms with Crippen LogP contribution in [0, 0.1) is 0 Å². The Morgan fingerprint density at radius 2 is 1.88 bits per heavy atom. The summed E-state index contributed by atoms with van der Waals surface area (Å²) in [5, 5.41) is 5.27. The Hall–Kier alpha value is -2.90. The summed E-state index contributed by atoms with van der Waals surface area (Å²) >= 11 is 1.73. The molecule has 7 heteroatoms. The average Bonchev–Trinajstić information content (AvgIpc) is 3.61. The van der Waals surface area contributed by atoms with E-state index < -0.39 is 6.04 Å². The van der Waals surface area contributed by atoms with E-state index in [0.29, 0.717) is 19.5 Å². The third-order valence-corrected chi connectivity index (χ3v) is 7.44. The van der Waals surface area contributed by atoms with E-state index in [1.54, 1.807) is 28.4 Å². The van der Waals surface area contributed by atoms with E-state index >= 15 is 0 Å². The second-order valence-corrected chi connectivity index (χ2v) is 9.40. The molecular formula is C25H27N3O3S. The molecule has 2 aliphatic heterocycles. The SMILES string of the molecule is O=C(NCC(c1cccs1)N1CCCC1)C1Cc2ccccc2CN1C(=O)c1ccco1. The van der Waals surface area contributed by atoms with Gasteiger partial charge < -0.3 is 14.6 Å². The largest absolute Gasteiger partial charge is 0.459 e. The lowest BCUT2D eigenvalue weighted by molar-refractivity contribution is -0.126. The molecule has 5 rings (SSSR count). The Kier molecular flexibility index (Phi) is 6.10. The summed E-state index contributed by atoms with van der Waals surface area (Å²) in [5.41, 5.74) is 2.19. The second-order valence-electron chi connectivity index (χ2n) is 8.42. The molecule has 0 spiro atoms. The fourth-order valence-corrected chi connectivity index (χ4v) is 5.63. The van der Waals surface area contributed by atoms with E-state index in [-0.39, 0.29) is 23.6 Å². The van der Waals surface area contributed by atoms with Crippen LogP contribution in [0.5, 0.6) is 0 Å². The molecule has 166 valence electrons. The normalized spacial score (nSPS) is 19.5. The van der Waals surface area contributed by atoms with Crippen LogP contribution in [0.2, 0.25) is 0 Å². The number of likely N-dealkylation sites (tertiary alicyclic amines) is 1. The minimum absolute atomic E-state index is 0.111. The minimum atomic E-state index is -0.565. The molecule has 2 atom stereocenters. The summed E-state index contributed by atoms with van der Waals surface area (Å²) < 4.78 is 5.35. The lowest BCUT2D eigenvalue weighted by Gasteiger charge is -2.36. The number of rotatable bonds is 6. The van der Waals surface area contributed by atoms with Gasteiger partial charge in [0.2, 0.25) is 5.91 Å². The lowest BCUT2D eigenvalue weighted by Crippen LogP contribution is -2.53. The van der Waals surface area contributed by atoms with Crippen LogP contribution in [0.4, 0.5) is 0 Å². The number of hydrogen-bond donors (Lipinski definition) is 1. The number of thiophene rings is 1. The number of nitrogens with one attached hydrogen (secondary N) is 1. The van der Waals surface area contributed by atoms with Gasteiger partial charge in [-0.1, -0.05) is 30.3 Å². The molecule has 2 aliphatic rings. The highest BCUT2D eigenvalue weighted by Gasteiger charge is 2.36. The van der Waals surface area contributed by atoms with Crippen LogP contribution in [0.1, 0.15) is 45.4 Å².